The number of fused-ring (bicyclic) bond motifs is 1. The first-order chi connectivity index (χ1) is 16.0. The maximum absolute atomic E-state index is 13.1. The number of ether oxygens (including phenoxy) is 2. The Morgan fingerprint density at radius 1 is 0.939 bits per heavy atom. The second-order valence-electron chi connectivity index (χ2n) is 7.35. The third-order valence-corrected chi connectivity index (χ3v) is 6.31. The summed E-state index contributed by atoms with van der Waals surface area (Å²) in [5.74, 6) is 0.426. The number of carbonyl (C=O) groups is 2. The van der Waals surface area contributed by atoms with Crippen molar-refractivity contribution in [3.05, 3.63) is 78.1 Å². The largest absolute Gasteiger partial charge is 0.486 e. The van der Waals surface area contributed by atoms with E-state index in [4.69, 9.17) is 9.47 Å². The number of rotatable bonds is 7. The molecule has 170 valence electrons. The summed E-state index contributed by atoms with van der Waals surface area (Å²) >= 11 is 1.41. The Kier molecular flexibility index (Phi) is 7.14. The van der Waals surface area contributed by atoms with Crippen LogP contribution in [-0.2, 0) is 4.79 Å². The smallest absolute Gasteiger partial charge is 0.255 e. The average Bonchev–Trinajstić information content (AvgIpc) is 2.83. The van der Waals surface area contributed by atoms with Crippen molar-refractivity contribution < 1.29 is 23.5 Å². The fourth-order valence-electron chi connectivity index (χ4n) is 3.28. The van der Waals surface area contributed by atoms with Crippen molar-refractivity contribution in [1.82, 2.24) is 0 Å². The van der Waals surface area contributed by atoms with E-state index >= 15 is 0 Å². The number of halogens is 1. The van der Waals surface area contributed by atoms with Crippen molar-refractivity contribution in [1.29, 1.82) is 0 Å². The quantitative estimate of drug-likeness (QED) is 0.459. The zero-order valence-corrected chi connectivity index (χ0v) is 18.8. The standard InChI is InChI=1S/C25H23FN2O4S/c1-2-23(25(30)28-19-10-11-21-22(15-19)32-13-12-31-21)33-20-5-3-4-18(14-20)27-24(29)16-6-8-17(26)9-7-16/h3-11,14-15,23H,2,12-13H2,1H3,(H,27,29)(H,28,30). The molecule has 4 rings (SSSR count). The van der Waals surface area contributed by atoms with Gasteiger partial charge in [-0.25, -0.2) is 4.39 Å². The van der Waals surface area contributed by atoms with Crippen molar-refractivity contribution >= 4 is 35.0 Å². The first kappa shape index (κ1) is 22.7. The molecule has 3 aromatic rings. The molecule has 2 amide bonds. The van der Waals surface area contributed by atoms with E-state index in [1.807, 2.05) is 25.1 Å². The molecule has 0 saturated heterocycles. The predicted molar refractivity (Wildman–Crippen MR) is 127 cm³/mol. The maximum Gasteiger partial charge on any atom is 0.255 e. The number of amides is 2. The minimum absolute atomic E-state index is 0.125. The minimum Gasteiger partial charge on any atom is -0.486 e. The first-order valence-electron chi connectivity index (χ1n) is 10.6. The van der Waals surface area contributed by atoms with E-state index in [0.29, 0.717) is 48.1 Å². The van der Waals surface area contributed by atoms with Crippen molar-refractivity contribution in [2.45, 2.75) is 23.5 Å². The molecule has 3 aromatic carbocycles. The molecule has 0 radical (unpaired) electrons. The molecule has 0 aliphatic carbocycles. The molecule has 0 saturated carbocycles. The van der Waals surface area contributed by atoms with Crippen molar-refractivity contribution in [2.24, 2.45) is 0 Å². The molecule has 8 heteroatoms. The molecule has 6 nitrogen and oxygen atoms in total. The topological polar surface area (TPSA) is 76.7 Å². The Bertz CT molecular complexity index is 1150. The van der Waals surface area contributed by atoms with Gasteiger partial charge in [0.25, 0.3) is 5.91 Å². The van der Waals surface area contributed by atoms with Gasteiger partial charge in [0.2, 0.25) is 5.91 Å². The summed E-state index contributed by atoms with van der Waals surface area (Å²) in [6.07, 6.45) is 0.618. The Balaban J connectivity index is 1.40. The van der Waals surface area contributed by atoms with Gasteiger partial charge in [0.05, 0.1) is 5.25 Å². The molecule has 1 aliphatic heterocycles. The summed E-state index contributed by atoms with van der Waals surface area (Å²) in [5, 5.41) is 5.41. The molecule has 0 bridgehead atoms. The summed E-state index contributed by atoms with van der Waals surface area (Å²) in [6, 6.07) is 18.0. The number of anilines is 2. The zero-order valence-electron chi connectivity index (χ0n) is 18.0. The Hall–Kier alpha value is -3.52. The van der Waals surface area contributed by atoms with Gasteiger partial charge in [-0.15, -0.1) is 11.8 Å². The summed E-state index contributed by atoms with van der Waals surface area (Å²) in [7, 11) is 0. The highest BCUT2D eigenvalue weighted by atomic mass is 32.2. The van der Waals surface area contributed by atoms with Gasteiger partial charge in [-0.3, -0.25) is 9.59 Å². The highest BCUT2D eigenvalue weighted by molar-refractivity contribution is 8.00. The highest BCUT2D eigenvalue weighted by Gasteiger charge is 2.20. The molecule has 2 N–H and O–H groups in total. The number of hydrogen-bond acceptors (Lipinski definition) is 5. The molecule has 1 atom stereocenters. The van der Waals surface area contributed by atoms with Crippen LogP contribution in [0.4, 0.5) is 15.8 Å². The third kappa shape index (κ3) is 5.84. The lowest BCUT2D eigenvalue weighted by Gasteiger charge is -2.20. The fourth-order valence-corrected chi connectivity index (χ4v) is 4.30. The molecule has 0 fully saturated rings. The molecular weight excluding hydrogens is 443 g/mol. The van der Waals surface area contributed by atoms with Crippen molar-refractivity contribution in [3.63, 3.8) is 0 Å². The number of hydrogen-bond donors (Lipinski definition) is 2. The predicted octanol–water partition coefficient (Wildman–Crippen LogP) is 5.36. The van der Waals surface area contributed by atoms with Crippen molar-refractivity contribution in [2.75, 3.05) is 23.8 Å². The van der Waals surface area contributed by atoms with Gasteiger partial charge >= 0.3 is 0 Å². The lowest BCUT2D eigenvalue weighted by Crippen LogP contribution is -2.24. The van der Waals surface area contributed by atoms with E-state index in [1.165, 1.54) is 36.0 Å². The van der Waals surface area contributed by atoms with Crippen LogP contribution in [0.25, 0.3) is 0 Å². The minimum atomic E-state index is -0.398. The molecular formula is C25H23FN2O4S. The molecule has 33 heavy (non-hydrogen) atoms. The Morgan fingerprint density at radius 2 is 1.67 bits per heavy atom. The van der Waals surface area contributed by atoms with Gasteiger partial charge in [-0.05, 0) is 61.0 Å². The van der Waals surface area contributed by atoms with E-state index in [0.717, 1.165) is 4.90 Å². The van der Waals surface area contributed by atoms with E-state index in [1.54, 1.807) is 24.3 Å². The normalized spacial score (nSPS) is 13.2. The summed E-state index contributed by atoms with van der Waals surface area (Å²) in [4.78, 5) is 26.1. The summed E-state index contributed by atoms with van der Waals surface area (Å²) < 4.78 is 24.2. The maximum atomic E-state index is 13.1. The van der Waals surface area contributed by atoms with Crippen LogP contribution in [0.3, 0.4) is 0 Å². The van der Waals surface area contributed by atoms with Crippen LogP contribution < -0.4 is 20.1 Å². The Labute approximate surface area is 195 Å². The van der Waals surface area contributed by atoms with E-state index in [2.05, 4.69) is 10.6 Å². The average molecular weight is 467 g/mol. The van der Waals surface area contributed by atoms with Gasteiger partial charge in [0.15, 0.2) is 11.5 Å². The van der Waals surface area contributed by atoms with Gasteiger partial charge < -0.3 is 20.1 Å². The van der Waals surface area contributed by atoms with Crippen LogP contribution in [-0.4, -0.2) is 30.3 Å². The number of nitrogens with one attached hydrogen (secondary N) is 2. The highest BCUT2D eigenvalue weighted by Crippen LogP contribution is 2.33. The van der Waals surface area contributed by atoms with Crippen LogP contribution in [0.1, 0.15) is 23.7 Å². The fraction of sp³-hybridized carbons (Fsp3) is 0.200. The second-order valence-corrected chi connectivity index (χ2v) is 8.63. The van der Waals surface area contributed by atoms with Crippen LogP contribution in [0.5, 0.6) is 11.5 Å². The van der Waals surface area contributed by atoms with Gasteiger partial charge in [-0.2, -0.15) is 0 Å². The van der Waals surface area contributed by atoms with E-state index in [9.17, 15) is 14.0 Å². The molecule has 1 aliphatic rings. The third-order valence-electron chi connectivity index (χ3n) is 4.95. The van der Waals surface area contributed by atoms with Gasteiger partial charge in [-0.1, -0.05) is 13.0 Å². The van der Waals surface area contributed by atoms with E-state index < -0.39 is 5.82 Å². The summed E-state index contributed by atoms with van der Waals surface area (Å²) in [6.45, 7) is 2.93. The first-order valence-corrected chi connectivity index (χ1v) is 11.4. The molecule has 0 spiro atoms. The lowest BCUT2D eigenvalue weighted by molar-refractivity contribution is -0.115. The van der Waals surface area contributed by atoms with Crippen molar-refractivity contribution in [3.8, 4) is 11.5 Å². The molecule has 1 heterocycles. The van der Waals surface area contributed by atoms with Crippen LogP contribution in [0.15, 0.2) is 71.6 Å². The van der Waals surface area contributed by atoms with Gasteiger partial charge in [0.1, 0.15) is 19.0 Å². The Morgan fingerprint density at radius 3 is 2.42 bits per heavy atom. The number of carbonyl (C=O) groups excluding carboxylic acids is 2. The van der Waals surface area contributed by atoms with Crippen LogP contribution >= 0.6 is 11.8 Å². The number of thioether (sulfide) groups is 1. The van der Waals surface area contributed by atoms with E-state index in [-0.39, 0.29) is 17.1 Å². The molecule has 0 aromatic heterocycles. The van der Waals surface area contributed by atoms with Gasteiger partial charge in [0, 0.05) is 27.9 Å². The second kappa shape index (κ2) is 10.4. The monoisotopic (exact) mass is 466 g/mol. The van der Waals surface area contributed by atoms with Crippen LogP contribution in [0, 0.1) is 5.82 Å². The summed E-state index contributed by atoms with van der Waals surface area (Å²) in [5.41, 5.74) is 1.60. The SMILES string of the molecule is CCC(Sc1cccc(NC(=O)c2ccc(F)cc2)c1)C(=O)Nc1ccc2c(c1)OCCO2. The number of benzene rings is 3. The van der Waals surface area contributed by atoms with Crippen LogP contribution in [0.2, 0.25) is 0 Å². The lowest BCUT2D eigenvalue weighted by atomic mass is 10.2. The molecule has 1 unspecified atom stereocenters. The zero-order chi connectivity index (χ0) is 23.2.